The smallest absolute Gasteiger partial charge is 0.245 e. The highest BCUT2D eigenvalue weighted by Gasteiger charge is 2.37. The van der Waals surface area contributed by atoms with Crippen LogP contribution in [0.5, 0.6) is 0 Å². The normalized spacial score (nSPS) is 29.5. The van der Waals surface area contributed by atoms with Gasteiger partial charge in [0, 0.05) is 13.1 Å². The molecule has 0 aromatic heterocycles. The number of aldehydes is 1. The van der Waals surface area contributed by atoms with Gasteiger partial charge in [-0.05, 0) is 25.7 Å². The molecule has 0 radical (unpaired) electrons. The average Bonchev–Trinajstić information content (AvgIpc) is 2.96. The van der Waals surface area contributed by atoms with E-state index in [0.29, 0.717) is 13.1 Å². The zero-order valence-electron chi connectivity index (χ0n) is 9.17. The molecule has 0 bridgehead atoms. The minimum absolute atomic E-state index is 0.0563. The van der Waals surface area contributed by atoms with Gasteiger partial charge in [0.15, 0.2) is 0 Å². The zero-order valence-corrected chi connectivity index (χ0v) is 9.17. The number of hydrogen-bond acceptors (Lipinski definition) is 3. The summed E-state index contributed by atoms with van der Waals surface area (Å²) in [6.07, 6.45) is 4.80. The standard InChI is InChI=1S/C11H16N2O3/c14-7-9-3-1-6-13(9)11(16)10-4-2-5-12(10)8-15/h7-10H,1-6H2. The Labute approximate surface area is 94.4 Å². The highest BCUT2D eigenvalue weighted by molar-refractivity contribution is 5.86. The minimum Gasteiger partial charge on any atom is -0.333 e. The lowest BCUT2D eigenvalue weighted by Crippen LogP contribution is -2.47. The van der Waals surface area contributed by atoms with Gasteiger partial charge in [-0.25, -0.2) is 0 Å². The van der Waals surface area contributed by atoms with Crippen LogP contribution in [-0.2, 0) is 14.4 Å². The molecule has 2 unspecified atom stereocenters. The maximum absolute atomic E-state index is 12.2. The first-order chi connectivity index (χ1) is 7.77. The molecule has 0 aliphatic carbocycles. The topological polar surface area (TPSA) is 57.7 Å². The Balaban J connectivity index is 2.06. The van der Waals surface area contributed by atoms with Gasteiger partial charge in [0.1, 0.15) is 12.3 Å². The van der Waals surface area contributed by atoms with Crippen molar-refractivity contribution in [2.45, 2.75) is 37.8 Å². The van der Waals surface area contributed by atoms with Crippen molar-refractivity contribution < 1.29 is 14.4 Å². The molecule has 2 rings (SSSR count). The molecular weight excluding hydrogens is 208 g/mol. The third-order valence-electron chi connectivity index (χ3n) is 3.45. The van der Waals surface area contributed by atoms with Crippen LogP contribution in [0.15, 0.2) is 0 Å². The maximum atomic E-state index is 12.2. The van der Waals surface area contributed by atoms with Gasteiger partial charge < -0.3 is 14.6 Å². The summed E-state index contributed by atoms with van der Waals surface area (Å²) in [6, 6.07) is -0.611. The molecule has 2 heterocycles. The largest absolute Gasteiger partial charge is 0.333 e. The quantitative estimate of drug-likeness (QED) is 0.624. The Hall–Kier alpha value is -1.39. The summed E-state index contributed by atoms with van der Waals surface area (Å²) >= 11 is 0. The summed E-state index contributed by atoms with van der Waals surface area (Å²) in [5, 5.41) is 0. The molecule has 2 saturated heterocycles. The molecule has 88 valence electrons. The molecule has 0 spiro atoms. The summed E-state index contributed by atoms with van der Waals surface area (Å²) in [7, 11) is 0. The van der Waals surface area contributed by atoms with Gasteiger partial charge in [0.2, 0.25) is 12.3 Å². The molecule has 2 fully saturated rings. The van der Waals surface area contributed by atoms with Gasteiger partial charge in [-0.3, -0.25) is 9.59 Å². The molecule has 16 heavy (non-hydrogen) atoms. The van der Waals surface area contributed by atoms with Gasteiger partial charge in [-0.15, -0.1) is 0 Å². The van der Waals surface area contributed by atoms with E-state index in [1.54, 1.807) is 9.80 Å². The molecule has 0 aromatic carbocycles. The predicted molar refractivity (Wildman–Crippen MR) is 56.6 cm³/mol. The molecule has 0 N–H and O–H groups in total. The fourth-order valence-electron chi connectivity index (χ4n) is 2.58. The van der Waals surface area contributed by atoms with Crippen molar-refractivity contribution in [1.29, 1.82) is 0 Å². The van der Waals surface area contributed by atoms with Crippen LogP contribution in [0.4, 0.5) is 0 Å². The highest BCUT2D eigenvalue weighted by Crippen LogP contribution is 2.22. The molecule has 0 aromatic rings. The van der Waals surface area contributed by atoms with E-state index in [9.17, 15) is 14.4 Å². The summed E-state index contributed by atoms with van der Waals surface area (Å²) in [4.78, 5) is 36.9. The fraction of sp³-hybridized carbons (Fsp3) is 0.727. The predicted octanol–water partition coefficient (Wildman–Crippen LogP) is -0.203. The first-order valence-electron chi connectivity index (χ1n) is 5.74. The van der Waals surface area contributed by atoms with Gasteiger partial charge >= 0.3 is 0 Å². The number of carbonyl (C=O) groups is 3. The molecule has 2 aliphatic heterocycles. The Morgan fingerprint density at radius 2 is 1.88 bits per heavy atom. The maximum Gasteiger partial charge on any atom is 0.245 e. The van der Waals surface area contributed by atoms with Crippen LogP contribution in [0.1, 0.15) is 25.7 Å². The average molecular weight is 224 g/mol. The second-order valence-corrected chi connectivity index (χ2v) is 4.38. The number of carbonyl (C=O) groups excluding carboxylic acids is 3. The van der Waals surface area contributed by atoms with Crippen LogP contribution in [-0.4, -0.2) is 53.6 Å². The number of likely N-dealkylation sites (tertiary alicyclic amines) is 2. The Bertz CT molecular complexity index is 278. The molecule has 2 atom stereocenters. The Morgan fingerprint density at radius 3 is 2.56 bits per heavy atom. The summed E-state index contributed by atoms with van der Waals surface area (Å²) < 4.78 is 0. The van der Waals surface area contributed by atoms with Crippen molar-refractivity contribution in [3.05, 3.63) is 0 Å². The molecule has 5 heteroatoms. The monoisotopic (exact) mass is 224 g/mol. The van der Waals surface area contributed by atoms with Crippen LogP contribution in [0.2, 0.25) is 0 Å². The number of amides is 2. The number of hydrogen-bond donors (Lipinski definition) is 0. The third-order valence-corrected chi connectivity index (χ3v) is 3.45. The van der Waals surface area contributed by atoms with Gasteiger partial charge in [-0.1, -0.05) is 0 Å². The first-order valence-corrected chi connectivity index (χ1v) is 5.74. The van der Waals surface area contributed by atoms with E-state index in [1.165, 1.54) is 0 Å². The molecule has 2 aliphatic rings. The van der Waals surface area contributed by atoms with E-state index in [1.807, 2.05) is 0 Å². The summed E-state index contributed by atoms with van der Waals surface area (Å²) in [5.41, 5.74) is 0. The van der Waals surface area contributed by atoms with Crippen molar-refractivity contribution in [3.63, 3.8) is 0 Å². The van der Waals surface area contributed by atoms with Crippen LogP contribution >= 0.6 is 0 Å². The number of rotatable bonds is 3. The Kier molecular flexibility index (Phi) is 3.22. The second-order valence-electron chi connectivity index (χ2n) is 4.38. The van der Waals surface area contributed by atoms with E-state index < -0.39 is 0 Å². The molecule has 2 amide bonds. The minimum atomic E-state index is -0.335. The van der Waals surface area contributed by atoms with Crippen molar-refractivity contribution in [2.75, 3.05) is 13.1 Å². The lowest BCUT2D eigenvalue weighted by Gasteiger charge is -2.27. The lowest BCUT2D eigenvalue weighted by atomic mass is 10.1. The van der Waals surface area contributed by atoms with E-state index in [4.69, 9.17) is 0 Å². The van der Waals surface area contributed by atoms with Crippen LogP contribution in [0.3, 0.4) is 0 Å². The number of nitrogens with zero attached hydrogens (tertiary/aromatic N) is 2. The Morgan fingerprint density at radius 1 is 1.12 bits per heavy atom. The molecule has 5 nitrogen and oxygen atoms in total. The first kappa shape index (κ1) is 11.1. The second kappa shape index (κ2) is 4.63. The third kappa shape index (κ3) is 1.81. The van der Waals surface area contributed by atoms with E-state index in [0.717, 1.165) is 38.4 Å². The van der Waals surface area contributed by atoms with E-state index >= 15 is 0 Å². The van der Waals surface area contributed by atoms with Crippen molar-refractivity contribution in [1.82, 2.24) is 9.80 Å². The van der Waals surface area contributed by atoms with Crippen molar-refractivity contribution in [3.8, 4) is 0 Å². The fourth-order valence-corrected chi connectivity index (χ4v) is 2.58. The van der Waals surface area contributed by atoms with E-state index in [-0.39, 0.29) is 18.0 Å². The van der Waals surface area contributed by atoms with Gasteiger partial charge in [0.25, 0.3) is 0 Å². The zero-order chi connectivity index (χ0) is 11.5. The van der Waals surface area contributed by atoms with Crippen LogP contribution in [0, 0.1) is 0 Å². The molecular formula is C11H16N2O3. The summed E-state index contributed by atoms with van der Waals surface area (Å²) in [5.74, 6) is -0.0563. The molecule has 0 saturated carbocycles. The van der Waals surface area contributed by atoms with Gasteiger partial charge in [-0.2, -0.15) is 0 Å². The van der Waals surface area contributed by atoms with Crippen molar-refractivity contribution >= 4 is 18.6 Å². The summed E-state index contributed by atoms with van der Waals surface area (Å²) in [6.45, 7) is 1.30. The van der Waals surface area contributed by atoms with Crippen molar-refractivity contribution in [2.24, 2.45) is 0 Å². The van der Waals surface area contributed by atoms with Crippen LogP contribution < -0.4 is 0 Å². The van der Waals surface area contributed by atoms with Crippen LogP contribution in [0.25, 0.3) is 0 Å². The lowest BCUT2D eigenvalue weighted by molar-refractivity contribution is -0.141. The van der Waals surface area contributed by atoms with E-state index in [2.05, 4.69) is 0 Å². The highest BCUT2D eigenvalue weighted by atomic mass is 16.2. The SMILES string of the molecule is O=CC1CCCN1C(=O)C1CCCN1C=O. The van der Waals surface area contributed by atoms with Gasteiger partial charge in [0.05, 0.1) is 6.04 Å².